The van der Waals surface area contributed by atoms with Crippen LogP contribution in [0.4, 0.5) is 22.7 Å². The van der Waals surface area contributed by atoms with Gasteiger partial charge in [-0.25, -0.2) is 41.2 Å². The third-order valence-electron chi connectivity index (χ3n) is 24.9. The summed E-state index contributed by atoms with van der Waals surface area (Å²) in [5.74, 6) is -6.99. The summed E-state index contributed by atoms with van der Waals surface area (Å²) in [6.45, 7) is 29.3. The number of sulfonamides is 2. The van der Waals surface area contributed by atoms with Crippen LogP contribution in [0.3, 0.4) is 0 Å². The highest BCUT2D eigenvalue weighted by Crippen LogP contribution is 2.48. The van der Waals surface area contributed by atoms with Crippen LogP contribution in [0.5, 0.6) is 23.3 Å². The molecule has 2 aromatic heterocycles. The molecule has 9 amide bonds. The number of carbonyl (C=O) groups is 13. The fraction of sp³-hybridized carbons (Fsp3) is 0.433. The number of aromatic nitrogens is 2. The van der Waals surface area contributed by atoms with Gasteiger partial charge in [-0.2, -0.15) is 0 Å². The number of hydrogen-bond acceptors (Lipinski definition) is 28. The van der Waals surface area contributed by atoms with Crippen LogP contribution < -0.4 is 87.3 Å². The fourth-order valence-electron chi connectivity index (χ4n) is 16.0. The molecule has 4 saturated carbocycles. The van der Waals surface area contributed by atoms with E-state index in [1.807, 2.05) is 68.4 Å². The van der Waals surface area contributed by atoms with Gasteiger partial charge in [-0.1, -0.05) is 143 Å². The van der Waals surface area contributed by atoms with Crippen molar-refractivity contribution in [2.45, 2.75) is 198 Å². The Balaban J connectivity index is 0.000000271. The molecule has 3 unspecified atom stereocenters. The van der Waals surface area contributed by atoms with Crippen LogP contribution in [0.25, 0.3) is 21.5 Å². The summed E-state index contributed by atoms with van der Waals surface area (Å²) < 4.78 is 77.7. The molecule has 0 spiro atoms. The summed E-state index contributed by atoms with van der Waals surface area (Å²) >= 11 is 12.5. The van der Waals surface area contributed by atoms with Gasteiger partial charge in [-0.05, 0) is 164 Å². The summed E-state index contributed by atoms with van der Waals surface area (Å²) in [7, 11) is 1.66. The van der Waals surface area contributed by atoms with E-state index in [0.717, 1.165) is 5.39 Å². The van der Waals surface area contributed by atoms with E-state index in [-0.39, 0.29) is 85.7 Å². The number of halogens is 4. The molecule has 6 fully saturated rings. The number of rotatable bonds is 32. The smallest absolute Gasteiger partial charge is 0.372 e. The third-order valence-corrected chi connectivity index (χ3v) is 29.0. The Hall–Kier alpha value is -13.7. The Labute approximate surface area is 894 Å². The number of benzene rings is 6. The molecule has 17 N–H and O–H groups in total. The zero-order valence-electron chi connectivity index (χ0n) is 86.6. The normalized spacial score (nSPS) is 19.3. The summed E-state index contributed by atoms with van der Waals surface area (Å²) in [6.07, 6.45) is 7.81. The van der Waals surface area contributed by atoms with E-state index in [1.165, 1.54) is 31.3 Å². The zero-order valence-corrected chi connectivity index (χ0v) is 91.3. The average Bonchev–Trinajstić information content (AvgIpc) is 1.54. The van der Waals surface area contributed by atoms with E-state index >= 15 is 0 Å². The Morgan fingerprint density at radius 2 is 0.853 bits per heavy atom. The Morgan fingerprint density at radius 3 is 1.17 bits per heavy atom. The number of aliphatic carboxylic acids is 3. The molecule has 0 radical (unpaired) electrons. The second-order valence-corrected chi connectivity index (χ2v) is 45.3. The van der Waals surface area contributed by atoms with Crippen molar-refractivity contribution >= 4 is 189 Å². The van der Waals surface area contributed by atoms with E-state index in [2.05, 4.69) is 85.7 Å². The molecule has 11 atom stereocenters. The Morgan fingerprint density at radius 1 is 0.493 bits per heavy atom. The largest absolute Gasteiger partial charge is 0.494 e. The van der Waals surface area contributed by atoms with Crippen molar-refractivity contribution in [3.05, 3.63) is 203 Å². The topological polar surface area (TPSA) is 587 Å². The van der Waals surface area contributed by atoms with Crippen LogP contribution in [0, 0.1) is 33.5 Å². The van der Waals surface area contributed by atoms with E-state index in [0.29, 0.717) is 134 Å². The van der Waals surface area contributed by atoms with Crippen LogP contribution in [-0.4, -0.2) is 243 Å². The summed E-state index contributed by atoms with van der Waals surface area (Å²) in [6, 6.07) is 33.5. The van der Waals surface area contributed by atoms with Gasteiger partial charge in [0.2, 0.25) is 55.3 Å². The number of amides is 9. The number of ketones is 1. The van der Waals surface area contributed by atoms with E-state index in [4.69, 9.17) is 53.0 Å². The zero-order chi connectivity index (χ0) is 110. The first-order valence-electron chi connectivity index (χ1n) is 47.5. The molecule has 0 bridgehead atoms. The van der Waals surface area contributed by atoms with Crippen LogP contribution in [0.1, 0.15) is 176 Å². The van der Waals surface area contributed by atoms with Crippen LogP contribution in [-0.2, 0) is 63.2 Å². The number of nitrogens with two attached hydrogens (primary N) is 1. The van der Waals surface area contributed by atoms with Crippen molar-refractivity contribution in [2.75, 3.05) is 77.2 Å². The SMILES string of the molecule is C=C[C@@H]1C[C@]1(NC(=O)[C@@H]1C[C@@H](Oc2ncc(OC)c3ccc(Cl)cc23)CN1)C(=O)NS(=O)(=O)C1CC1.C=C[C@@H]1C[C@]1(NC(=O)[C@@H]1C[C@@H](Oc2ncc(OC)c3ccc(Cl)cc23)CN1C(=O)C(Nc1cccc(C(=O)NC)c1)C(C)(C)C)C(=O)NS(=O)(=O)C1CC1.CC(C)(C)C(=O)C(=O)O.CNC(=O)c1cccc(N)c1.CNC(=O)c1cccc(NC(C(=O)O)C(C)(C)C)c1.CNC(=O)c1cccc(NC(C(=O)O)C(C)(C)C)c1.Cl.Cl. The summed E-state index contributed by atoms with van der Waals surface area (Å²) in [5.41, 5.74) is 4.58. The molecule has 6 aliphatic rings. The Bertz CT molecular complexity index is 6500. The van der Waals surface area contributed by atoms with Crippen molar-refractivity contribution in [1.82, 2.24) is 61.5 Å². The van der Waals surface area contributed by atoms with Gasteiger partial charge in [-0.3, -0.25) is 57.4 Å². The number of likely N-dealkylation sites (tertiary alicyclic amines) is 1. The van der Waals surface area contributed by atoms with E-state index in [1.54, 1.807) is 189 Å². The number of anilines is 4. The van der Waals surface area contributed by atoms with Crippen molar-refractivity contribution in [1.29, 1.82) is 0 Å². The number of fused-ring (bicyclic) bond motifs is 2. The van der Waals surface area contributed by atoms with Gasteiger partial charge in [0.1, 0.15) is 59.0 Å². The molecule has 46 heteroatoms. The first kappa shape index (κ1) is 123. The minimum absolute atomic E-state index is 0. The second-order valence-electron chi connectivity index (χ2n) is 40.5. The van der Waals surface area contributed by atoms with Crippen molar-refractivity contribution in [3.63, 3.8) is 0 Å². The number of carboxylic acids is 3. The average molecular weight is 2200 g/mol. The van der Waals surface area contributed by atoms with Gasteiger partial charge in [0.25, 0.3) is 35.4 Å². The molecule has 40 nitrogen and oxygen atoms in total. The molecule has 150 heavy (non-hydrogen) atoms. The lowest BCUT2D eigenvalue weighted by Crippen LogP contribution is -2.58. The number of nitrogens with one attached hydrogen (secondary N) is 12. The monoisotopic (exact) mass is 2190 g/mol. The van der Waals surface area contributed by atoms with Gasteiger partial charge in [0.15, 0.2) is 0 Å². The predicted molar refractivity (Wildman–Crippen MR) is 577 cm³/mol. The maximum atomic E-state index is 14.8. The van der Waals surface area contributed by atoms with Gasteiger partial charge < -0.3 is 98.1 Å². The number of hydrogen-bond donors (Lipinski definition) is 16. The van der Waals surface area contributed by atoms with Crippen molar-refractivity contribution < 1.29 is 113 Å². The maximum absolute atomic E-state index is 14.8. The first-order chi connectivity index (χ1) is 69.3. The highest BCUT2D eigenvalue weighted by molar-refractivity contribution is 7.91. The lowest BCUT2D eigenvalue weighted by atomic mass is 9.85. The van der Waals surface area contributed by atoms with E-state index < -0.39 is 159 Å². The van der Waals surface area contributed by atoms with Crippen LogP contribution in [0.15, 0.2) is 171 Å². The maximum Gasteiger partial charge on any atom is 0.372 e. The number of nitrogens with zero attached hydrogens (tertiary/aromatic N) is 3. The predicted octanol–water partition coefficient (Wildman–Crippen LogP) is 11.5. The lowest BCUT2D eigenvalue weighted by molar-refractivity contribution is -0.152. The highest BCUT2D eigenvalue weighted by atomic mass is 35.5. The standard InChI is InChI=1S/C38H45ClN6O8S.C24H27ClN4O6S.2C14H20N2O3.C8H10N2O.C6H10O3.2ClH/c1-7-22-18-38(22,36(49)44-54(50,51)26-12-13-26)43-33(47)29-17-25(53-34-28-16-23(39)11-14-27(28)30(52-6)19-41-34)20-45(29)35(48)31(37(2,3)4)42-24-10-8-9-21(15-24)32(46)40-5;1-3-13-10-24(13,23(31)29-36(32,33)16-5-6-16)28-21(30)19-9-15(11-26-19)35-22-18-8-14(25)4-7-17(18)20(34-2)12-27-22;2*1-14(2,3)11(13(18)19)16-10-7-5-6-9(8-10)12(17)15-4;1-10-8(11)6-3-2-4-7(9)5-6;1-6(2,3)4(7)5(8)9;;/h7-11,14-16,19,22,25-26,29,31,42H,1,12-13,17-18,20H2,2-6H3,(H,40,46)(H,43,47)(H,44,49);3-4,7-8,12-13,15-16,19,26H,1,5-6,9-11H2,2H3,(H,28,30)(H,29,31);2*5-8,11,16H,1-4H3,(H,15,17)(H,18,19);2-5H,9H2,1H3,(H,10,11);1-3H3,(H,8,9);2*1H/t22-,25-,29+,31?,38-;13-,15-,19+,24-;;;;;;/m11....../s1. The number of Topliss-reactive ketones (excluding diaryl/α,β-unsaturated/α-hetero) is 1. The number of methoxy groups -OCH3 is 2. The first-order valence-corrected chi connectivity index (χ1v) is 51.3. The number of carboxylic acid groups (broad SMARTS) is 3. The lowest BCUT2D eigenvalue weighted by Gasteiger charge is -2.36. The number of nitrogen functional groups attached to an aromatic ring is 1. The fourth-order valence-corrected chi connectivity index (χ4v) is 19.1. The molecule has 8 aromatic rings. The molecular weight excluding hydrogens is 2060 g/mol. The molecule has 2 saturated heterocycles. The summed E-state index contributed by atoms with van der Waals surface area (Å²) in [5, 5.41) is 57.3. The summed E-state index contributed by atoms with van der Waals surface area (Å²) in [4.78, 5) is 168. The number of pyridine rings is 2. The Kier molecular flexibility index (Phi) is 42.5. The van der Waals surface area contributed by atoms with Gasteiger partial charge >= 0.3 is 17.9 Å². The van der Waals surface area contributed by atoms with Gasteiger partial charge in [-0.15, -0.1) is 38.0 Å². The van der Waals surface area contributed by atoms with Crippen LogP contribution >= 0.6 is 48.0 Å². The van der Waals surface area contributed by atoms with E-state index in [9.17, 15) is 89.4 Å². The molecule has 6 aromatic carbocycles. The molecule has 4 aliphatic carbocycles. The quantitative estimate of drug-likeness (QED) is 0.0106. The molecule has 814 valence electrons. The van der Waals surface area contributed by atoms with Crippen LogP contribution in [0.2, 0.25) is 10.0 Å². The van der Waals surface area contributed by atoms with Crippen molar-refractivity contribution in [3.8, 4) is 23.3 Å². The third kappa shape index (κ3) is 32.4. The molecule has 4 heterocycles. The highest BCUT2D eigenvalue weighted by Gasteiger charge is 2.63. The van der Waals surface area contributed by atoms with Gasteiger partial charge in [0, 0.05) is 141 Å². The minimum atomic E-state index is -3.91. The van der Waals surface area contributed by atoms with Crippen molar-refractivity contribution in [2.24, 2.45) is 33.5 Å². The number of ether oxygens (including phenoxy) is 4. The number of carbonyl (C=O) groups excluding carboxylic acids is 10. The molecule has 2 aliphatic heterocycles. The second kappa shape index (κ2) is 51.7. The minimum Gasteiger partial charge on any atom is -0.494 e. The van der Waals surface area contributed by atoms with Gasteiger partial charge in [0.05, 0.1) is 49.7 Å². The molecule has 14 rings (SSSR count). The molecular formula is C104H134Cl4N16O24S2.